The van der Waals surface area contributed by atoms with Gasteiger partial charge in [-0.05, 0) is 6.08 Å². The molecule has 1 aliphatic heterocycles. The summed E-state index contributed by atoms with van der Waals surface area (Å²) in [5.74, 6) is 0. The van der Waals surface area contributed by atoms with Crippen molar-refractivity contribution in [3.63, 3.8) is 0 Å². The van der Waals surface area contributed by atoms with E-state index in [1.807, 2.05) is 29.3 Å². The van der Waals surface area contributed by atoms with E-state index < -0.39 is 0 Å². The number of nitrogens with zero attached hydrogens (tertiary/aromatic N) is 3. The largest absolute Gasteiger partial charge is 0.411 e. The lowest BCUT2D eigenvalue weighted by atomic mass is 10.4. The Hall–Kier alpha value is -1.58. The Bertz CT molecular complexity index is 276. The molecule has 0 atom stereocenters. The van der Waals surface area contributed by atoms with E-state index in [9.17, 15) is 0 Å². The lowest BCUT2D eigenvalue weighted by molar-refractivity contribution is 0.551. The van der Waals surface area contributed by atoms with Crippen LogP contribution in [-0.2, 0) is 0 Å². The summed E-state index contributed by atoms with van der Waals surface area (Å²) in [6, 6.07) is 0.533. The fourth-order valence-electron chi connectivity index (χ4n) is 0.902. The van der Waals surface area contributed by atoms with Crippen molar-refractivity contribution in [2.24, 2.45) is 0 Å². The number of rotatable bonds is 1. The Kier molecular flexibility index (Phi) is 1.44. The lowest BCUT2D eigenvalue weighted by Crippen LogP contribution is -2.17. The summed E-state index contributed by atoms with van der Waals surface area (Å²) in [4.78, 5) is 1.87. The number of aromatic nitrogens is 2. The first-order valence-corrected chi connectivity index (χ1v) is 3.33. The predicted molar refractivity (Wildman–Crippen MR) is 39.9 cm³/mol. The zero-order valence-electron chi connectivity index (χ0n) is 5.84. The van der Waals surface area contributed by atoms with Crippen LogP contribution in [0.3, 0.4) is 0 Å². The SMILES string of the molecule is C1=CCN(c2nnco2)C=C1. The molecule has 1 aliphatic rings. The summed E-state index contributed by atoms with van der Waals surface area (Å²) in [6.45, 7) is 0.790. The van der Waals surface area contributed by atoms with Gasteiger partial charge in [0.15, 0.2) is 0 Å². The average molecular weight is 149 g/mol. The van der Waals surface area contributed by atoms with Gasteiger partial charge in [0.2, 0.25) is 6.39 Å². The lowest BCUT2D eigenvalue weighted by Gasteiger charge is -2.13. The van der Waals surface area contributed by atoms with Crippen LogP contribution in [0.1, 0.15) is 0 Å². The third-order valence-electron chi connectivity index (χ3n) is 1.41. The van der Waals surface area contributed by atoms with E-state index in [2.05, 4.69) is 10.2 Å². The van der Waals surface area contributed by atoms with E-state index in [1.54, 1.807) is 0 Å². The van der Waals surface area contributed by atoms with Gasteiger partial charge in [0, 0.05) is 12.7 Å². The number of hydrogen-bond donors (Lipinski definition) is 0. The summed E-state index contributed by atoms with van der Waals surface area (Å²) in [6.07, 6.45) is 9.14. The maximum absolute atomic E-state index is 4.99. The molecule has 2 heterocycles. The zero-order chi connectivity index (χ0) is 7.52. The molecule has 0 saturated heterocycles. The van der Waals surface area contributed by atoms with Crippen molar-refractivity contribution < 1.29 is 4.42 Å². The molecule has 1 aromatic rings. The van der Waals surface area contributed by atoms with Crippen LogP contribution in [0, 0.1) is 0 Å². The molecular formula is C7H7N3O. The molecule has 0 spiro atoms. The summed E-state index contributed by atoms with van der Waals surface area (Å²) in [7, 11) is 0. The van der Waals surface area contributed by atoms with Gasteiger partial charge >= 0.3 is 6.01 Å². The molecule has 0 radical (unpaired) electrons. The van der Waals surface area contributed by atoms with Gasteiger partial charge in [-0.25, -0.2) is 0 Å². The Balaban J connectivity index is 2.19. The van der Waals surface area contributed by atoms with Gasteiger partial charge in [0.05, 0.1) is 0 Å². The molecular weight excluding hydrogens is 142 g/mol. The second-order valence-electron chi connectivity index (χ2n) is 2.14. The van der Waals surface area contributed by atoms with Crippen molar-refractivity contribution in [3.8, 4) is 0 Å². The molecule has 0 saturated carbocycles. The second kappa shape index (κ2) is 2.57. The van der Waals surface area contributed by atoms with Crippen LogP contribution in [-0.4, -0.2) is 16.7 Å². The minimum absolute atomic E-state index is 0.533. The van der Waals surface area contributed by atoms with E-state index in [0.29, 0.717) is 6.01 Å². The van der Waals surface area contributed by atoms with Gasteiger partial charge in [-0.15, -0.1) is 5.10 Å². The molecule has 0 N–H and O–H groups in total. The Morgan fingerprint density at radius 1 is 1.45 bits per heavy atom. The molecule has 11 heavy (non-hydrogen) atoms. The van der Waals surface area contributed by atoms with E-state index in [-0.39, 0.29) is 0 Å². The Labute approximate surface area is 63.8 Å². The monoisotopic (exact) mass is 149 g/mol. The zero-order valence-corrected chi connectivity index (χ0v) is 5.84. The standard InChI is InChI=1S/C7H7N3O/c1-2-4-10(5-3-1)7-9-8-6-11-7/h1-4,6H,5H2. The molecule has 2 rings (SSSR count). The topological polar surface area (TPSA) is 42.2 Å². The molecule has 0 unspecified atom stereocenters. The van der Waals surface area contributed by atoms with Gasteiger partial charge in [-0.1, -0.05) is 17.3 Å². The fourth-order valence-corrected chi connectivity index (χ4v) is 0.902. The van der Waals surface area contributed by atoms with E-state index in [1.165, 1.54) is 6.39 Å². The highest BCUT2D eigenvalue weighted by atomic mass is 16.4. The average Bonchev–Trinajstić information content (AvgIpc) is 2.58. The quantitative estimate of drug-likeness (QED) is 0.596. The van der Waals surface area contributed by atoms with Crippen LogP contribution in [0.4, 0.5) is 6.01 Å². The van der Waals surface area contributed by atoms with Crippen LogP contribution in [0.15, 0.2) is 35.2 Å². The molecule has 0 aliphatic carbocycles. The summed E-state index contributed by atoms with van der Waals surface area (Å²) < 4.78 is 4.99. The normalized spacial score (nSPS) is 15.8. The summed E-state index contributed by atoms with van der Waals surface area (Å²) in [5.41, 5.74) is 0. The maximum Gasteiger partial charge on any atom is 0.322 e. The third-order valence-corrected chi connectivity index (χ3v) is 1.41. The van der Waals surface area contributed by atoms with Gasteiger partial charge < -0.3 is 4.42 Å². The minimum atomic E-state index is 0.533. The predicted octanol–water partition coefficient (Wildman–Crippen LogP) is 0.960. The third kappa shape index (κ3) is 1.14. The highest BCUT2D eigenvalue weighted by Gasteiger charge is 2.06. The van der Waals surface area contributed by atoms with E-state index >= 15 is 0 Å². The second-order valence-corrected chi connectivity index (χ2v) is 2.14. The van der Waals surface area contributed by atoms with Crippen molar-refractivity contribution in [1.29, 1.82) is 0 Å². The highest BCUT2D eigenvalue weighted by Crippen LogP contribution is 2.10. The smallest absolute Gasteiger partial charge is 0.322 e. The number of hydrogen-bond acceptors (Lipinski definition) is 4. The molecule has 56 valence electrons. The van der Waals surface area contributed by atoms with Crippen LogP contribution < -0.4 is 4.90 Å². The summed E-state index contributed by atoms with van der Waals surface area (Å²) in [5, 5.41) is 7.35. The maximum atomic E-state index is 4.99. The van der Waals surface area contributed by atoms with Crippen molar-refractivity contribution >= 4 is 6.01 Å². The van der Waals surface area contributed by atoms with E-state index in [0.717, 1.165) is 6.54 Å². The van der Waals surface area contributed by atoms with Gasteiger partial charge in [0.1, 0.15) is 0 Å². The fraction of sp³-hybridized carbons (Fsp3) is 0.143. The molecule has 0 fully saturated rings. The first-order chi connectivity index (χ1) is 5.47. The Morgan fingerprint density at radius 2 is 2.45 bits per heavy atom. The van der Waals surface area contributed by atoms with Crippen molar-refractivity contribution in [2.45, 2.75) is 0 Å². The molecule has 4 heteroatoms. The highest BCUT2D eigenvalue weighted by molar-refractivity contribution is 5.35. The van der Waals surface area contributed by atoms with Gasteiger partial charge in [-0.3, -0.25) is 4.90 Å². The molecule has 0 amide bonds. The minimum Gasteiger partial charge on any atom is -0.411 e. The van der Waals surface area contributed by atoms with Crippen molar-refractivity contribution in [3.05, 3.63) is 30.8 Å². The van der Waals surface area contributed by atoms with Gasteiger partial charge in [-0.2, -0.15) is 0 Å². The van der Waals surface area contributed by atoms with E-state index in [4.69, 9.17) is 4.42 Å². The van der Waals surface area contributed by atoms with Crippen molar-refractivity contribution in [1.82, 2.24) is 10.2 Å². The van der Waals surface area contributed by atoms with Crippen molar-refractivity contribution in [2.75, 3.05) is 11.4 Å². The van der Waals surface area contributed by atoms with Gasteiger partial charge in [0.25, 0.3) is 0 Å². The number of allylic oxidation sites excluding steroid dienone is 2. The Morgan fingerprint density at radius 3 is 3.09 bits per heavy atom. The molecule has 0 bridgehead atoms. The number of anilines is 1. The van der Waals surface area contributed by atoms with Crippen LogP contribution >= 0.6 is 0 Å². The van der Waals surface area contributed by atoms with Crippen LogP contribution in [0.2, 0.25) is 0 Å². The van der Waals surface area contributed by atoms with Crippen LogP contribution in [0.5, 0.6) is 0 Å². The molecule has 0 aromatic carbocycles. The first kappa shape index (κ1) is 6.15. The molecule has 4 nitrogen and oxygen atoms in total. The summed E-state index contributed by atoms with van der Waals surface area (Å²) >= 11 is 0. The first-order valence-electron chi connectivity index (χ1n) is 3.33. The van der Waals surface area contributed by atoms with Crippen LogP contribution in [0.25, 0.3) is 0 Å². The molecule has 1 aromatic heterocycles.